The van der Waals surface area contributed by atoms with Crippen molar-refractivity contribution in [2.45, 2.75) is 19.3 Å². The summed E-state index contributed by atoms with van der Waals surface area (Å²) in [5, 5.41) is 3.15. The summed E-state index contributed by atoms with van der Waals surface area (Å²) in [5.41, 5.74) is 0. The van der Waals surface area contributed by atoms with Crippen LogP contribution in [0.3, 0.4) is 0 Å². The van der Waals surface area contributed by atoms with Gasteiger partial charge in [0.2, 0.25) is 0 Å². The SMILES string of the molecule is COC(=O)CCCOc1ccc2ccc(OCCCBr)cc2c1. The molecule has 0 heterocycles. The average Bonchev–Trinajstić information content (AvgIpc) is 2.58. The van der Waals surface area contributed by atoms with E-state index in [1.54, 1.807) is 0 Å². The Morgan fingerprint density at radius 3 is 2.13 bits per heavy atom. The first-order chi connectivity index (χ1) is 11.2. The second-order valence-corrected chi connectivity index (χ2v) is 5.88. The maximum absolute atomic E-state index is 11.0. The Bertz CT molecular complexity index is 642. The topological polar surface area (TPSA) is 44.8 Å². The molecule has 2 rings (SSSR count). The van der Waals surface area contributed by atoms with Gasteiger partial charge in [0.25, 0.3) is 0 Å². The average molecular weight is 381 g/mol. The molecule has 4 nitrogen and oxygen atoms in total. The molecule has 124 valence electrons. The monoisotopic (exact) mass is 380 g/mol. The molecule has 0 aliphatic heterocycles. The number of carbonyl (C=O) groups is 1. The number of carbonyl (C=O) groups excluding carboxylic acids is 1. The molecule has 0 amide bonds. The highest BCUT2D eigenvalue weighted by Gasteiger charge is 2.03. The molecule has 0 unspecified atom stereocenters. The summed E-state index contributed by atoms with van der Waals surface area (Å²) in [5.74, 6) is 1.44. The van der Waals surface area contributed by atoms with Gasteiger partial charge >= 0.3 is 5.97 Å². The van der Waals surface area contributed by atoms with Gasteiger partial charge in [-0.05, 0) is 47.9 Å². The third-order valence-electron chi connectivity index (χ3n) is 3.35. The number of esters is 1. The molecule has 0 aromatic heterocycles. The van der Waals surface area contributed by atoms with Gasteiger partial charge in [0.05, 0.1) is 20.3 Å². The molecule has 0 aliphatic rings. The number of rotatable bonds is 9. The van der Waals surface area contributed by atoms with Crippen molar-refractivity contribution in [2.24, 2.45) is 0 Å². The molecule has 2 aromatic carbocycles. The fourth-order valence-corrected chi connectivity index (χ4v) is 2.36. The Morgan fingerprint density at radius 1 is 0.957 bits per heavy atom. The van der Waals surface area contributed by atoms with Crippen molar-refractivity contribution in [3.8, 4) is 11.5 Å². The fourth-order valence-electron chi connectivity index (χ4n) is 2.14. The zero-order valence-corrected chi connectivity index (χ0v) is 14.8. The second-order valence-electron chi connectivity index (χ2n) is 5.09. The van der Waals surface area contributed by atoms with Gasteiger partial charge in [-0.25, -0.2) is 0 Å². The van der Waals surface area contributed by atoms with E-state index in [9.17, 15) is 4.79 Å². The summed E-state index contributed by atoms with van der Waals surface area (Å²) < 4.78 is 16.0. The smallest absolute Gasteiger partial charge is 0.305 e. The van der Waals surface area contributed by atoms with Crippen LogP contribution in [0, 0.1) is 0 Å². The van der Waals surface area contributed by atoms with Gasteiger partial charge in [-0.3, -0.25) is 4.79 Å². The molecule has 23 heavy (non-hydrogen) atoms. The van der Waals surface area contributed by atoms with Crippen LogP contribution in [0.1, 0.15) is 19.3 Å². The van der Waals surface area contributed by atoms with E-state index in [1.165, 1.54) is 7.11 Å². The lowest BCUT2D eigenvalue weighted by Gasteiger charge is -2.09. The minimum absolute atomic E-state index is 0.211. The van der Waals surface area contributed by atoms with Gasteiger partial charge in [0, 0.05) is 11.8 Å². The number of hydrogen-bond donors (Lipinski definition) is 0. The van der Waals surface area contributed by atoms with E-state index in [1.807, 2.05) is 36.4 Å². The summed E-state index contributed by atoms with van der Waals surface area (Å²) in [6.45, 7) is 1.18. The van der Waals surface area contributed by atoms with E-state index in [4.69, 9.17) is 9.47 Å². The van der Waals surface area contributed by atoms with Crippen LogP contribution in [-0.2, 0) is 9.53 Å². The Morgan fingerprint density at radius 2 is 1.57 bits per heavy atom. The Labute approximate surface area is 144 Å². The fraction of sp³-hybridized carbons (Fsp3) is 0.389. The van der Waals surface area contributed by atoms with Gasteiger partial charge in [-0.15, -0.1) is 0 Å². The molecule has 0 atom stereocenters. The molecule has 0 saturated heterocycles. The molecule has 0 fully saturated rings. The number of benzene rings is 2. The Balaban J connectivity index is 1.94. The van der Waals surface area contributed by atoms with Gasteiger partial charge in [0.15, 0.2) is 0 Å². The van der Waals surface area contributed by atoms with Crippen LogP contribution < -0.4 is 9.47 Å². The quantitative estimate of drug-likeness (QED) is 0.368. The van der Waals surface area contributed by atoms with E-state index in [-0.39, 0.29) is 5.97 Å². The first-order valence-corrected chi connectivity index (χ1v) is 8.77. The summed E-state index contributed by atoms with van der Waals surface area (Å²) in [6, 6.07) is 12.0. The molecule has 0 N–H and O–H groups in total. The van der Waals surface area contributed by atoms with Crippen molar-refractivity contribution >= 4 is 32.7 Å². The first kappa shape index (κ1) is 17.6. The van der Waals surface area contributed by atoms with Gasteiger partial charge in [-0.1, -0.05) is 28.1 Å². The number of methoxy groups -OCH3 is 1. The maximum atomic E-state index is 11.0. The van der Waals surface area contributed by atoms with Crippen LogP contribution >= 0.6 is 15.9 Å². The molecule has 0 radical (unpaired) electrons. The number of ether oxygens (including phenoxy) is 3. The summed E-state index contributed by atoms with van der Waals surface area (Å²) in [4.78, 5) is 11.0. The second kappa shape index (κ2) is 9.40. The van der Waals surface area contributed by atoms with E-state index < -0.39 is 0 Å². The van der Waals surface area contributed by atoms with Crippen molar-refractivity contribution in [3.05, 3.63) is 36.4 Å². The number of hydrogen-bond acceptors (Lipinski definition) is 4. The van der Waals surface area contributed by atoms with Crippen LogP contribution in [0.4, 0.5) is 0 Å². The summed E-state index contributed by atoms with van der Waals surface area (Å²) >= 11 is 3.39. The third kappa shape index (κ3) is 5.75. The first-order valence-electron chi connectivity index (χ1n) is 7.65. The molecule has 0 bridgehead atoms. The van der Waals surface area contributed by atoms with Crippen LogP contribution in [0.25, 0.3) is 10.8 Å². The van der Waals surface area contributed by atoms with E-state index in [2.05, 4.69) is 20.7 Å². The predicted octanol–water partition coefficient (Wildman–Crippen LogP) is 4.34. The summed E-state index contributed by atoms with van der Waals surface area (Å²) in [7, 11) is 1.39. The highest BCUT2D eigenvalue weighted by molar-refractivity contribution is 9.09. The highest BCUT2D eigenvalue weighted by atomic mass is 79.9. The van der Waals surface area contributed by atoms with Crippen LogP contribution in [0.15, 0.2) is 36.4 Å². The Hall–Kier alpha value is -1.75. The third-order valence-corrected chi connectivity index (χ3v) is 3.91. The summed E-state index contributed by atoms with van der Waals surface area (Å²) in [6.07, 6.45) is 1.98. The maximum Gasteiger partial charge on any atom is 0.305 e. The zero-order chi connectivity index (χ0) is 16.5. The minimum atomic E-state index is -0.211. The van der Waals surface area contributed by atoms with Crippen molar-refractivity contribution in [3.63, 3.8) is 0 Å². The number of fused-ring (bicyclic) bond motifs is 1. The molecule has 0 spiro atoms. The molecular weight excluding hydrogens is 360 g/mol. The van der Waals surface area contributed by atoms with Crippen molar-refractivity contribution in [2.75, 3.05) is 25.7 Å². The van der Waals surface area contributed by atoms with Gasteiger partial charge < -0.3 is 14.2 Å². The lowest BCUT2D eigenvalue weighted by Crippen LogP contribution is -2.04. The van der Waals surface area contributed by atoms with Crippen LogP contribution in [-0.4, -0.2) is 31.6 Å². The standard InChI is InChI=1S/C18H21BrO4/c1-21-18(20)4-2-10-22-16-7-5-14-6-8-17(13-15(14)12-16)23-11-3-9-19/h5-8,12-13H,2-4,9-11H2,1H3. The lowest BCUT2D eigenvalue weighted by atomic mass is 10.1. The van der Waals surface area contributed by atoms with Crippen LogP contribution in [0.5, 0.6) is 11.5 Å². The molecule has 0 aliphatic carbocycles. The van der Waals surface area contributed by atoms with E-state index in [0.29, 0.717) is 26.1 Å². The van der Waals surface area contributed by atoms with E-state index in [0.717, 1.165) is 34.0 Å². The van der Waals surface area contributed by atoms with Crippen molar-refractivity contribution in [1.82, 2.24) is 0 Å². The van der Waals surface area contributed by atoms with E-state index >= 15 is 0 Å². The minimum Gasteiger partial charge on any atom is -0.494 e. The molecule has 5 heteroatoms. The molecular formula is C18H21BrO4. The zero-order valence-electron chi connectivity index (χ0n) is 13.2. The van der Waals surface area contributed by atoms with Gasteiger partial charge in [0.1, 0.15) is 11.5 Å². The van der Waals surface area contributed by atoms with Gasteiger partial charge in [-0.2, -0.15) is 0 Å². The lowest BCUT2D eigenvalue weighted by molar-refractivity contribution is -0.140. The number of alkyl halides is 1. The molecule has 2 aromatic rings. The predicted molar refractivity (Wildman–Crippen MR) is 94.6 cm³/mol. The number of halogens is 1. The normalized spacial score (nSPS) is 10.5. The van der Waals surface area contributed by atoms with Crippen molar-refractivity contribution < 1.29 is 19.0 Å². The molecule has 0 saturated carbocycles. The largest absolute Gasteiger partial charge is 0.494 e. The highest BCUT2D eigenvalue weighted by Crippen LogP contribution is 2.25. The van der Waals surface area contributed by atoms with Crippen molar-refractivity contribution in [1.29, 1.82) is 0 Å². The van der Waals surface area contributed by atoms with Crippen LogP contribution in [0.2, 0.25) is 0 Å². The Kier molecular flexibility index (Phi) is 7.20.